The zero-order valence-electron chi connectivity index (χ0n) is 17.8. The lowest BCUT2D eigenvalue weighted by Gasteiger charge is -2.32. The number of piperidine rings is 1. The molecule has 0 atom stereocenters. The second-order valence-electron chi connectivity index (χ2n) is 8.26. The molecule has 1 aliphatic heterocycles. The molecule has 0 unspecified atom stereocenters. The molecule has 1 fully saturated rings. The Kier molecular flexibility index (Phi) is 4.71. The van der Waals surface area contributed by atoms with E-state index in [4.69, 9.17) is 0 Å². The molecule has 0 radical (unpaired) electrons. The molecule has 1 saturated heterocycles. The van der Waals surface area contributed by atoms with Crippen LogP contribution >= 0.6 is 0 Å². The number of carbonyl (C=O) groups excluding carboxylic acids is 1. The number of anilines is 2. The van der Waals surface area contributed by atoms with Gasteiger partial charge in [0.2, 0.25) is 5.91 Å². The van der Waals surface area contributed by atoms with Gasteiger partial charge in [-0.25, -0.2) is 4.98 Å². The third kappa shape index (κ3) is 3.78. The Bertz CT molecular complexity index is 1410. The highest BCUT2D eigenvalue weighted by atomic mass is 16.1. The number of nitrogens with zero attached hydrogens (tertiary/aromatic N) is 6. The van der Waals surface area contributed by atoms with Gasteiger partial charge in [-0.05, 0) is 49.2 Å². The molecule has 164 valence electrons. The number of para-hydroxylation sites is 2. The van der Waals surface area contributed by atoms with Gasteiger partial charge in [0.15, 0.2) is 5.65 Å². The first-order valence-corrected chi connectivity index (χ1v) is 11.0. The van der Waals surface area contributed by atoms with Crippen LogP contribution in [0, 0.1) is 5.92 Å². The van der Waals surface area contributed by atoms with Crippen LogP contribution in [0.3, 0.4) is 0 Å². The molecule has 6 rings (SSSR count). The van der Waals surface area contributed by atoms with Gasteiger partial charge in [0.05, 0.1) is 11.0 Å². The summed E-state index contributed by atoms with van der Waals surface area (Å²) in [5.74, 6) is 1.69. The lowest BCUT2D eigenvalue weighted by Crippen LogP contribution is -2.38. The van der Waals surface area contributed by atoms with Crippen LogP contribution in [-0.2, 0) is 4.79 Å². The number of hydrogen-bond donors (Lipinski definition) is 2. The van der Waals surface area contributed by atoms with Gasteiger partial charge in [0.25, 0.3) is 0 Å². The number of fused-ring (bicyclic) bond motifs is 2. The minimum absolute atomic E-state index is 0.0326. The Morgan fingerprint density at radius 2 is 1.91 bits per heavy atom. The van der Waals surface area contributed by atoms with Gasteiger partial charge in [0, 0.05) is 30.3 Å². The molecule has 4 heterocycles. The van der Waals surface area contributed by atoms with Crippen molar-refractivity contribution in [2.45, 2.75) is 12.8 Å². The maximum Gasteiger partial charge on any atom is 0.227 e. The van der Waals surface area contributed by atoms with Crippen molar-refractivity contribution in [2.75, 3.05) is 23.3 Å². The second kappa shape index (κ2) is 8.01. The molecule has 2 N–H and O–H groups in total. The lowest BCUT2D eigenvalue weighted by atomic mass is 9.95. The van der Waals surface area contributed by atoms with Crippen LogP contribution in [0.4, 0.5) is 11.5 Å². The van der Waals surface area contributed by atoms with Crippen LogP contribution in [0.15, 0.2) is 67.0 Å². The highest BCUT2D eigenvalue weighted by Gasteiger charge is 2.26. The minimum Gasteiger partial charge on any atom is -0.355 e. The Labute approximate surface area is 189 Å². The maximum absolute atomic E-state index is 13.0. The van der Waals surface area contributed by atoms with Crippen LogP contribution in [0.25, 0.3) is 28.1 Å². The molecule has 3 aromatic heterocycles. The molecule has 2 aromatic carbocycles. The normalized spacial score (nSPS) is 14.7. The Hall–Kier alpha value is -4.27. The minimum atomic E-state index is -0.0326. The van der Waals surface area contributed by atoms with Gasteiger partial charge in [-0.1, -0.05) is 24.3 Å². The molecule has 0 spiro atoms. The number of imidazole rings is 1. The summed E-state index contributed by atoms with van der Waals surface area (Å²) < 4.78 is 1.67. The monoisotopic (exact) mass is 438 g/mol. The molecular weight excluding hydrogens is 416 g/mol. The lowest BCUT2D eigenvalue weighted by molar-refractivity contribution is -0.120. The number of hydrogen-bond acceptors (Lipinski definition) is 6. The Balaban J connectivity index is 1.11. The molecule has 0 bridgehead atoms. The van der Waals surface area contributed by atoms with Crippen molar-refractivity contribution in [1.82, 2.24) is 29.8 Å². The molecule has 1 aliphatic rings. The van der Waals surface area contributed by atoms with E-state index in [2.05, 4.69) is 35.5 Å². The second-order valence-corrected chi connectivity index (χ2v) is 8.26. The van der Waals surface area contributed by atoms with Crippen LogP contribution in [0.1, 0.15) is 12.8 Å². The molecule has 0 aliphatic carbocycles. The van der Waals surface area contributed by atoms with Gasteiger partial charge in [-0.15, -0.1) is 15.3 Å². The zero-order chi connectivity index (χ0) is 22.2. The Morgan fingerprint density at radius 1 is 1.03 bits per heavy atom. The molecule has 9 nitrogen and oxygen atoms in total. The fourth-order valence-corrected chi connectivity index (χ4v) is 4.34. The number of rotatable bonds is 4. The summed E-state index contributed by atoms with van der Waals surface area (Å²) in [6, 6.07) is 19.6. The smallest absolute Gasteiger partial charge is 0.227 e. The fourth-order valence-electron chi connectivity index (χ4n) is 4.34. The third-order valence-corrected chi connectivity index (χ3v) is 6.13. The van der Waals surface area contributed by atoms with Crippen molar-refractivity contribution in [2.24, 2.45) is 5.92 Å². The van der Waals surface area contributed by atoms with E-state index in [-0.39, 0.29) is 11.8 Å². The number of nitrogens with one attached hydrogen (secondary N) is 2. The summed E-state index contributed by atoms with van der Waals surface area (Å²) in [5, 5.41) is 15.5. The van der Waals surface area contributed by atoms with Crippen molar-refractivity contribution in [3.8, 4) is 11.4 Å². The van der Waals surface area contributed by atoms with Crippen molar-refractivity contribution < 1.29 is 4.79 Å². The average molecular weight is 438 g/mol. The van der Waals surface area contributed by atoms with Crippen molar-refractivity contribution in [3.63, 3.8) is 0 Å². The van der Waals surface area contributed by atoms with Crippen LogP contribution in [0.5, 0.6) is 0 Å². The number of aromatic amines is 1. The van der Waals surface area contributed by atoms with Gasteiger partial charge in [-0.2, -0.15) is 4.52 Å². The van der Waals surface area contributed by atoms with Gasteiger partial charge in [0.1, 0.15) is 18.0 Å². The number of amides is 1. The zero-order valence-corrected chi connectivity index (χ0v) is 17.8. The SMILES string of the molecule is O=C(Nc1cccc(-c2nc3ccccc3[nH]2)c1)C1CCN(c2ccc3nncn3n2)CC1. The summed E-state index contributed by atoms with van der Waals surface area (Å²) in [6.45, 7) is 1.55. The van der Waals surface area contributed by atoms with E-state index in [1.165, 1.54) is 0 Å². The first kappa shape index (κ1) is 19.4. The highest BCUT2D eigenvalue weighted by molar-refractivity contribution is 5.93. The predicted molar refractivity (Wildman–Crippen MR) is 126 cm³/mol. The third-order valence-electron chi connectivity index (χ3n) is 6.13. The highest BCUT2D eigenvalue weighted by Crippen LogP contribution is 2.26. The van der Waals surface area contributed by atoms with Crippen molar-refractivity contribution >= 4 is 34.1 Å². The van der Waals surface area contributed by atoms with Crippen LogP contribution in [-0.4, -0.2) is 48.8 Å². The number of aromatic nitrogens is 6. The predicted octanol–water partition coefficient (Wildman–Crippen LogP) is 3.52. The number of H-pyrrole nitrogens is 1. The maximum atomic E-state index is 13.0. The van der Waals surface area contributed by atoms with E-state index in [1.54, 1.807) is 10.8 Å². The summed E-state index contributed by atoms with van der Waals surface area (Å²) in [5.41, 5.74) is 4.35. The molecule has 5 aromatic rings. The molecule has 9 heteroatoms. The van der Waals surface area contributed by atoms with Crippen molar-refractivity contribution in [1.29, 1.82) is 0 Å². The van der Waals surface area contributed by atoms with Gasteiger partial charge in [-0.3, -0.25) is 4.79 Å². The van der Waals surface area contributed by atoms with Crippen LogP contribution in [0.2, 0.25) is 0 Å². The van der Waals surface area contributed by atoms with E-state index in [9.17, 15) is 4.79 Å². The molecule has 33 heavy (non-hydrogen) atoms. The van der Waals surface area contributed by atoms with E-state index < -0.39 is 0 Å². The molecule has 0 saturated carbocycles. The van der Waals surface area contributed by atoms with E-state index in [0.717, 1.165) is 65.5 Å². The number of carbonyl (C=O) groups is 1. The van der Waals surface area contributed by atoms with E-state index in [1.807, 2.05) is 60.7 Å². The summed E-state index contributed by atoms with van der Waals surface area (Å²) in [7, 11) is 0. The van der Waals surface area contributed by atoms with E-state index in [0.29, 0.717) is 0 Å². The largest absolute Gasteiger partial charge is 0.355 e. The number of benzene rings is 2. The van der Waals surface area contributed by atoms with Gasteiger partial charge < -0.3 is 15.2 Å². The molecular formula is C24H22N8O. The summed E-state index contributed by atoms with van der Waals surface area (Å²) >= 11 is 0. The fraction of sp³-hybridized carbons (Fsp3) is 0.208. The Morgan fingerprint density at radius 3 is 2.79 bits per heavy atom. The van der Waals surface area contributed by atoms with Crippen molar-refractivity contribution in [3.05, 3.63) is 67.0 Å². The quantitative estimate of drug-likeness (QED) is 0.445. The summed E-state index contributed by atoms with van der Waals surface area (Å²) in [4.78, 5) is 23.1. The first-order valence-electron chi connectivity index (χ1n) is 11.0. The van der Waals surface area contributed by atoms with E-state index >= 15 is 0 Å². The average Bonchev–Trinajstić information content (AvgIpc) is 3.51. The van der Waals surface area contributed by atoms with Gasteiger partial charge >= 0.3 is 0 Å². The standard InChI is InChI=1S/C24H22N8O/c33-24(16-10-12-31(13-11-16)22-9-8-21-29-25-15-32(21)30-22)26-18-5-3-4-17(14-18)23-27-19-6-1-2-7-20(19)28-23/h1-9,14-16H,10-13H2,(H,26,33)(H,27,28). The molecule has 1 amide bonds. The van der Waals surface area contributed by atoms with Crippen LogP contribution < -0.4 is 10.2 Å². The first-order chi connectivity index (χ1) is 16.2. The topological polar surface area (TPSA) is 104 Å². The summed E-state index contributed by atoms with van der Waals surface area (Å²) in [6.07, 6.45) is 3.15.